The molecule has 2 rings (SSSR count). The van der Waals surface area contributed by atoms with E-state index in [2.05, 4.69) is 5.32 Å². The Labute approximate surface area is 169 Å². The minimum absolute atomic E-state index is 0.307. The first-order chi connectivity index (χ1) is 14.0. The molecule has 0 aliphatic rings. The predicted octanol–water partition coefficient (Wildman–Crippen LogP) is 2.34. The summed E-state index contributed by atoms with van der Waals surface area (Å²) in [5.74, 6) is -1.64. The van der Waals surface area contributed by atoms with E-state index >= 15 is 0 Å². The first kappa shape index (κ1) is 22.1. The molecular weight excluding hydrogens is 374 g/mol. The average Bonchev–Trinajstić information content (AvgIpc) is 2.75. The van der Waals surface area contributed by atoms with Gasteiger partial charge in [-0.3, -0.25) is 4.79 Å². The zero-order valence-electron chi connectivity index (χ0n) is 16.4. The van der Waals surface area contributed by atoms with Crippen LogP contribution in [0.2, 0.25) is 0 Å². The van der Waals surface area contributed by atoms with Crippen LogP contribution in [-0.2, 0) is 14.3 Å². The highest BCUT2D eigenvalue weighted by Gasteiger charge is 2.35. The molecule has 7 nitrogen and oxygen atoms in total. The topological polar surface area (TPSA) is 102 Å². The van der Waals surface area contributed by atoms with E-state index in [0.29, 0.717) is 17.5 Å². The van der Waals surface area contributed by atoms with Crippen LogP contribution in [-0.4, -0.2) is 47.8 Å². The Bertz CT molecular complexity index is 809. The summed E-state index contributed by atoms with van der Waals surface area (Å²) in [5.41, 5.74) is 0.653. The van der Waals surface area contributed by atoms with Crippen molar-refractivity contribution >= 4 is 17.8 Å². The number of esters is 2. The molecule has 3 atom stereocenters. The summed E-state index contributed by atoms with van der Waals surface area (Å²) in [6.45, 7) is 2.55. The maximum absolute atomic E-state index is 12.6. The minimum atomic E-state index is -1.07. The third-order valence-corrected chi connectivity index (χ3v) is 4.27. The van der Waals surface area contributed by atoms with Gasteiger partial charge in [-0.2, -0.15) is 0 Å². The molecule has 0 aliphatic heterocycles. The number of hydrogen-bond donors (Lipinski definition) is 2. The van der Waals surface area contributed by atoms with Crippen LogP contribution in [0.5, 0.6) is 0 Å². The van der Waals surface area contributed by atoms with E-state index in [1.165, 1.54) is 6.92 Å². The molecule has 0 fully saturated rings. The molecule has 2 aromatic carbocycles. The van der Waals surface area contributed by atoms with Gasteiger partial charge in [0.15, 0.2) is 6.10 Å². The van der Waals surface area contributed by atoms with Crippen molar-refractivity contribution in [3.05, 3.63) is 71.8 Å². The first-order valence-corrected chi connectivity index (χ1v) is 9.36. The third-order valence-electron chi connectivity index (χ3n) is 4.27. The van der Waals surface area contributed by atoms with E-state index in [9.17, 15) is 19.5 Å². The number of amides is 1. The monoisotopic (exact) mass is 399 g/mol. The van der Waals surface area contributed by atoms with Crippen molar-refractivity contribution in [2.24, 2.45) is 0 Å². The van der Waals surface area contributed by atoms with Crippen molar-refractivity contribution in [2.45, 2.75) is 38.5 Å². The zero-order valence-corrected chi connectivity index (χ0v) is 16.4. The van der Waals surface area contributed by atoms with Crippen molar-refractivity contribution in [1.29, 1.82) is 0 Å². The number of ether oxygens (including phenoxy) is 2. The summed E-state index contributed by atoms with van der Waals surface area (Å²) in [7, 11) is 0. The molecule has 1 amide bonds. The molecule has 29 heavy (non-hydrogen) atoms. The first-order valence-electron chi connectivity index (χ1n) is 9.36. The molecule has 2 aromatic rings. The van der Waals surface area contributed by atoms with Gasteiger partial charge in [0, 0.05) is 6.92 Å². The lowest BCUT2D eigenvalue weighted by atomic mass is 10.0. The van der Waals surface area contributed by atoms with Crippen LogP contribution < -0.4 is 5.32 Å². The number of carbonyl (C=O) groups excluding carboxylic acids is 3. The molecule has 0 aromatic heterocycles. The van der Waals surface area contributed by atoms with E-state index in [0.717, 1.165) is 0 Å². The largest absolute Gasteiger partial charge is 0.455 e. The molecule has 0 saturated carbocycles. The molecule has 0 unspecified atom stereocenters. The van der Waals surface area contributed by atoms with Crippen molar-refractivity contribution in [3.63, 3.8) is 0 Å². The number of rotatable bonds is 9. The molecule has 2 N–H and O–H groups in total. The lowest BCUT2D eigenvalue weighted by Crippen LogP contribution is -2.53. The smallest absolute Gasteiger partial charge is 0.338 e. The van der Waals surface area contributed by atoms with E-state index in [-0.39, 0.29) is 0 Å². The van der Waals surface area contributed by atoms with Gasteiger partial charge < -0.3 is 19.9 Å². The summed E-state index contributed by atoms with van der Waals surface area (Å²) >= 11 is 0. The van der Waals surface area contributed by atoms with Crippen molar-refractivity contribution < 1.29 is 29.0 Å². The molecular formula is C22H25NO6. The van der Waals surface area contributed by atoms with Gasteiger partial charge in [-0.05, 0) is 30.7 Å². The molecule has 7 heteroatoms. The summed E-state index contributed by atoms with van der Waals surface area (Å²) in [6.07, 6.45) is -1.64. The quantitative estimate of drug-likeness (QED) is 0.628. The van der Waals surface area contributed by atoms with Gasteiger partial charge in [0.1, 0.15) is 6.10 Å². The zero-order chi connectivity index (χ0) is 21.2. The van der Waals surface area contributed by atoms with Gasteiger partial charge in [0.2, 0.25) is 5.91 Å². The van der Waals surface area contributed by atoms with E-state index in [1.807, 2.05) is 0 Å². The van der Waals surface area contributed by atoms with Crippen LogP contribution >= 0.6 is 0 Å². The van der Waals surface area contributed by atoms with Crippen molar-refractivity contribution in [1.82, 2.24) is 5.32 Å². The number of hydrogen-bond acceptors (Lipinski definition) is 6. The van der Waals surface area contributed by atoms with Crippen molar-refractivity contribution in [2.75, 3.05) is 6.61 Å². The highest BCUT2D eigenvalue weighted by Crippen LogP contribution is 2.18. The normalized spacial score (nSPS) is 13.6. The second kappa shape index (κ2) is 11.0. The van der Waals surface area contributed by atoms with Gasteiger partial charge in [0.05, 0.1) is 23.8 Å². The van der Waals surface area contributed by atoms with Gasteiger partial charge in [-0.15, -0.1) is 0 Å². The second-order valence-corrected chi connectivity index (χ2v) is 6.44. The molecule has 0 radical (unpaired) electrons. The number of aliphatic hydroxyl groups is 1. The van der Waals surface area contributed by atoms with E-state index in [4.69, 9.17) is 9.47 Å². The standard InChI is InChI=1S/C22H25NO6/c1-3-19(28-21(26)16-10-6-4-7-11-16)20(18(14-24)23-15(2)25)29-22(27)17-12-8-5-9-13-17/h4-13,18-20,24H,3,14H2,1-2H3,(H,23,25)/t18-,19+,20-/m0/s1. The van der Waals surface area contributed by atoms with Crippen LogP contribution in [0.4, 0.5) is 0 Å². The Kier molecular flexibility index (Phi) is 8.36. The fourth-order valence-electron chi connectivity index (χ4n) is 2.84. The fourth-order valence-corrected chi connectivity index (χ4v) is 2.84. The Balaban J connectivity index is 2.26. The summed E-state index contributed by atoms with van der Waals surface area (Å²) in [6, 6.07) is 15.8. The molecule has 0 bridgehead atoms. The molecule has 0 aliphatic carbocycles. The van der Waals surface area contributed by atoms with Gasteiger partial charge >= 0.3 is 11.9 Å². The summed E-state index contributed by atoms with van der Waals surface area (Å²) in [5, 5.41) is 12.3. The highest BCUT2D eigenvalue weighted by atomic mass is 16.6. The second-order valence-electron chi connectivity index (χ2n) is 6.44. The summed E-state index contributed by atoms with van der Waals surface area (Å²) in [4.78, 5) is 36.6. The molecule has 0 heterocycles. The number of nitrogens with one attached hydrogen (secondary N) is 1. The van der Waals surface area contributed by atoms with Crippen LogP contribution in [0, 0.1) is 0 Å². The van der Waals surface area contributed by atoms with Crippen LogP contribution in [0.15, 0.2) is 60.7 Å². The van der Waals surface area contributed by atoms with Gasteiger partial charge in [-0.25, -0.2) is 9.59 Å². The lowest BCUT2D eigenvalue weighted by molar-refractivity contribution is -0.122. The van der Waals surface area contributed by atoms with Crippen LogP contribution in [0.25, 0.3) is 0 Å². The lowest BCUT2D eigenvalue weighted by Gasteiger charge is -2.32. The maximum Gasteiger partial charge on any atom is 0.338 e. The Morgan fingerprint density at radius 3 is 1.79 bits per heavy atom. The summed E-state index contributed by atoms with van der Waals surface area (Å²) < 4.78 is 11.2. The Morgan fingerprint density at radius 2 is 1.38 bits per heavy atom. The molecule has 154 valence electrons. The Morgan fingerprint density at radius 1 is 0.897 bits per heavy atom. The van der Waals surface area contributed by atoms with Crippen LogP contribution in [0.3, 0.4) is 0 Å². The number of aliphatic hydroxyl groups excluding tert-OH is 1. The SMILES string of the molecule is CC[C@@H](OC(=O)c1ccccc1)[C@@H](OC(=O)c1ccccc1)[C@H](CO)NC(C)=O. The van der Waals surface area contributed by atoms with E-state index < -0.39 is 42.7 Å². The molecule has 0 spiro atoms. The van der Waals surface area contributed by atoms with Crippen LogP contribution in [0.1, 0.15) is 41.0 Å². The van der Waals surface area contributed by atoms with Crippen molar-refractivity contribution in [3.8, 4) is 0 Å². The number of benzene rings is 2. The van der Waals surface area contributed by atoms with Gasteiger partial charge in [0.25, 0.3) is 0 Å². The highest BCUT2D eigenvalue weighted by molar-refractivity contribution is 5.90. The average molecular weight is 399 g/mol. The minimum Gasteiger partial charge on any atom is -0.455 e. The fraction of sp³-hybridized carbons (Fsp3) is 0.318. The van der Waals surface area contributed by atoms with E-state index in [1.54, 1.807) is 67.6 Å². The Hall–Kier alpha value is -3.19. The predicted molar refractivity (Wildman–Crippen MR) is 106 cm³/mol. The molecule has 0 saturated heterocycles. The maximum atomic E-state index is 12.6. The third kappa shape index (κ3) is 6.43. The number of carbonyl (C=O) groups is 3. The van der Waals surface area contributed by atoms with Gasteiger partial charge in [-0.1, -0.05) is 43.3 Å².